The van der Waals surface area contributed by atoms with Gasteiger partial charge in [0.25, 0.3) is 0 Å². The fourth-order valence-corrected chi connectivity index (χ4v) is 3.37. The fourth-order valence-electron chi connectivity index (χ4n) is 2.83. The molecular weight excluding hydrogens is 362 g/mol. The first-order chi connectivity index (χ1) is 11.2. The molecule has 0 aliphatic carbocycles. The molecule has 0 saturated heterocycles. The Kier molecular flexibility index (Phi) is 5.78. The maximum atomic E-state index is 13.9. The van der Waals surface area contributed by atoms with Crippen molar-refractivity contribution in [2.24, 2.45) is 0 Å². The summed E-state index contributed by atoms with van der Waals surface area (Å²) in [7, 11) is 0. The van der Waals surface area contributed by atoms with Gasteiger partial charge in [0.15, 0.2) is 5.60 Å². The van der Waals surface area contributed by atoms with Crippen LogP contribution in [0, 0.1) is 0 Å². The van der Waals surface area contributed by atoms with Crippen LogP contribution in [0.2, 0.25) is 10.0 Å². The topological polar surface area (TPSA) is 33.1 Å². The molecule has 2 nitrogen and oxygen atoms in total. The molecule has 0 bridgehead atoms. The molecule has 2 atom stereocenters. The van der Waals surface area contributed by atoms with Gasteiger partial charge in [-0.3, -0.25) is 4.98 Å². The second-order valence-corrected chi connectivity index (χ2v) is 6.35. The fraction of sp³-hybridized carbons (Fsp3) is 0.353. The van der Waals surface area contributed by atoms with Gasteiger partial charge >= 0.3 is 6.18 Å². The highest BCUT2D eigenvalue weighted by molar-refractivity contribution is 6.35. The van der Waals surface area contributed by atoms with Crippen LogP contribution >= 0.6 is 23.2 Å². The Bertz CT molecular complexity index is 694. The minimum absolute atomic E-state index is 0.0951. The van der Waals surface area contributed by atoms with Crippen LogP contribution in [0.4, 0.5) is 13.2 Å². The van der Waals surface area contributed by atoms with Gasteiger partial charge in [0, 0.05) is 28.4 Å². The molecule has 0 saturated carbocycles. The summed E-state index contributed by atoms with van der Waals surface area (Å²) in [5, 5.41) is 11.2. The first-order valence-electron chi connectivity index (χ1n) is 7.36. The van der Waals surface area contributed by atoms with Crippen molar-refractivity contribution in [1.82, 2.24) is 4.98 Å². The molecule has 1 heterocycles. The molecule has 24 heavy (non-hydrogen) atoms. The van der Waals surface area contributed by atoms with Gasteiger partial charge in [-0.2, -0.15) is 13.2 Å². The molecule has 1 aromatic carbocycles. The smallest absolute Gasteiger partial charge is 0.376 e. The molecule has 0 aliphatic heterocycles. The average molecular weight is 378 g/mol. The van der Waals surface area contributed by atoms with Crippen LogP contribution in [0.3, 0.4) is 0 Å². The minimum Gasteiger partial charge on any atom is -0.376 e. The van der Waals surface area contributed by atoms with E-state index in [2.05, 4.69) is 4.98 Å². The van der Waals surface area contributed by atoms with Crippen molar-refractivity contribution in [3.8, 4) is 0 Å². The molecule has 130 valence electrons. The lowest BCUT2D eigenvalue weighted by molar-refractivity contribution is -0.276. The number of benzene rings is 1. The molecule has 0 radical (unpaired) electrons. The highest BCUT2D eigenvalue weighted by Gasteiger charge is 2.59. The normalized spacial score (nSPS) is 15.8. The molecule has 0 fully saturated rings. The van der Waals surface area contributed by atoms with Crippen LogP contribution < -0.4 is 0 Å². The van der Waals surface area contributed by atoms with Gasteiger partial charge < -0.3 is 5.11 Å². The number of aliphatic hydroxyl groups is 1. The number of hydrogen-bond donors (Lipinski definition) is 1. The Balaban J connectivity index is 2.68. The SMILES string of the molecule is CCCC(c1ccc(Cl)cc1Cl)C(O)(c1ccncc1)C(F)(F)F. The van der Waals surface area contributed by atoms with Crippen LogP contribution in [0.5, 0.6) is 0 Å². The summed E-state index contributed by atoms with van der Waals surface area (Å²) in [5.41, 5.74) is -3.14. The number of nitrogens with zero attached hydrogens (tertiary/aromatic N) is 1. The van der Waals surface area contributed by atoms with Gasteiger partial charge in [-0.1, -0.05) is 42.6 Å². The van der Waals surface area contributed by atoms with Gasteiger partial charge in [-0.25, -0.2) is 0 Å². The lowest BCUT2D eigenvalue weighted by Crippen LogP contribution is -2.47. The average Bonchev–Trinajstić information content (AvgIpc) is 2.52. The Morgan fingerprint density at radius 1 is 1.12 bits per heavy atom. The zero-order valence-electron chi connectivity index (χ0n) is 12.8. The highest BCUT2D eigenvalue weighted by atomic mass is 35.5. The molecule has 2 rings (SSSR count). The molecule has 0 spiro atoms. The number of halogens is 5. The zero-order valence-corrected chi connectivity index (χ0v) is 14.3. The summed E-state index contributed by atoms with van der Waals surface area (Å²) in [4.78, 5) is 3.73. The summed E-state index contributed by atoms with van der Waals surface area (Å²) in [6.45, 7) is 1.75. The first-order valence-corrected chi connectivity index (χ1v) is 8.12. The second kappa shape index (κ2) is 7.30. The molecule has 1 N–H and O–H groups in total. The van der Waals surface area contributed by atoms with E-state index in [-0.39, 0.29) is 22.6 Å². The van der Waals surface area contributed by atoms with Crippen molar-refractivity contribution in [1.29, 1.82) is 0 Å². The number of rotatable bonds is 5. The van der Waals surface area contributed by atoms with E-state index in [4.69, 9.17) is 23.2 Å². The third-order valence-electron chi connectivity index (χ3n) is 3.97. The first kappa shape index (κ1) is 19.0. The van der Waals surface area contributed by atoms with Gasteiger partial charge in [0.1, 0.15) is 0 Å². The van der Waals surface area contributed by atoms with Crippen LogP contribution in [0.1, 0.15) is 36.8 Å². The van der Waals surface area contributed by atoms with Crippen LogP contribution in [0.25, 0.3) is 0 Å². The predicted molar refractivity (Wildman–Crippen MR) is 88.3 cm³/mol. The van der Waals surface area contributed by atoms with E-state index >= 15 is 0 Å². The standard InChI is InChI=1S/C17H16Cl2F3NO/c1-2-3-14(13-5-4-12(18)10-15(13)19)16(24,17(20,21)22)11-6-8-23-9-7-11/h4-10,14,24H,2-3H2,1H3. The van der Waals surface area contributed by atoms with E-state index in [0.717, 1.165) is 0 Å². The highest BCUT2D eigenvalue weighted by Crippen LogP contribution is 2.51. The largest absolute Gasteiger partial charge is 0.422 e. The molecule has 0 amide bonds. The number of aromatic nitrogens is 1. The summed E-state index contributed by atoms with van der Waals surface area (Å²) in [6.07, 6.45) is -1.92. The van der Waals surface area contributed by atoms with Crippen molar-refractivity contribution < 1.29 is 18.3 Å². The van der Waals surface area contributed by atoms with E-state index in [0.29, 0.717) is 11.4 Å². The lowest BCUT2D eigenvalue weighted by Gasteiger charge is -2.38. The van der Waals surface area contributed by atoms with Crippen LogP contribution in [0.15, 0.2) is 42.7 Å². The Morgan fingerprint density at radius 3 is 2.25 bits per heavy atom. The van der Waals surface area contributed by atoms with Crippen molar-refractivity contribution >= 4 is 23.2 Å². The van der Waals surface area contributed by atoms with E-state index in [1.54, 1.807) is 6.92 Å². The Hall–Kier alpha value is -1.30. The van der Waals surface area contributed by atoms with Gasteiger partial charge in [0.2, 0.25) is 0 Å². The molecule has 1 aromatic heterocycles. The van der Waals surface area contributed by atoms with Crippen molar-refractivity contribution in [2.75, 3.05) is 0 Å². The zero-order chi connectivity index (χ0) is 18.0. The Labute approximate surface area is 148 Å². The molecule has 2 aromatic rings. The van der Waals surface area contributed by atoms with Crippen molar-refractivity contribution in [2.45, 2.75) is 37.5 Å². The minimum atomic E-state index is -4.89. The monoisotopic (exact) mass is 377 g/mol. The third kappa shape index (κ3) is 3.53. The van der Waals surface area contributed by atoms with Gasteiger partial charge in [0.05, 0.1) is 0 Å². The van der Waals surface area contributed by atoms with E-state index in [1.165, 1.54) is 42.7 Å². The molecule has 7 heteroatoms. The van der Waals surface area contributed by atoms with E-state index in [1.807, 2.05) is 0 Å². The van der Waals surface area contributed by atoms with Crippen LogP contribution in [-0.2, 0) is 5.60 Å². The van der Waals surface area contributed by atoms with E-state index in [9.17, 15) is 18.3 Å². The predicted octanol–water partition coefficient (Wildman–Crippen LogP) is 5.72. The van der Waals surface area contributed by atoms with Gasteiger partial charge in [-0.05, 0) is 41.8 Å². The van der Waals surface area contributed by atoms with Crippen molar-refractivity contribution in [3.63, 3.8) is 0 Å². The summed E-state index contributed by atoms with van der Waals surface area (Å²) >= 11 is 12.0. The summed E-state index contributed by atoms with van der Waals surface area (Å²) < 4.78 is 41.8. The van der Waals surface area contributed by atoms with Gasteiger partial charge in [-0.15, -0.1) is 0 Å². The molecular formula is C17H16Cl2F3NO. The quantitative estimate of drug-likeness (QED) is 0.722. The van der Waals surface area contributed by atoms with Crippen molar-refractivity contribution in [3.05, 3.63) is 63.9 Å². The number of pyridine rings is 1. The maximum absolute atomic E-state index is 13.9. The van der Waals surface area contributed by atoms with E-state index < -0.39 is 17.7 Å². The maximum Gasteiger partial charge on any atom is 0.422 e. The summed E-state index contributed by atoms with van der Waals surface area (Å²) in [6, 6.07) is 6.61. The Morgan fingerprint density at radius 2 is 1.75 bits per heavy atom. The molecule has 0 aliphatic rings. The second-order valence-electron chi connectivity index (χ2n) is 5.51. The molecule has 2 unspecified atom stereocenters. The number of hydrogen-bond acceptors (Lipinski definition) is 2. The summed E-state index contributed by atoms with van der Waals surface area (Å²) in [5.74, 6) is -1.27. The lowest BCUT2D eigenvalue weighted by atomic mass is 9.74. The number of alkyl halides is 3. The third-order valence-corrected chi connectivity index (χ3v) is 4.53. The van der Waals surface area contributed by atoms with Crippen LogP contribution in [-0.4, -0.2) is 16.3 Å².